The van der Waals surface area contributed by atoms with E-state index in [1.807, 2.05) is 0 Å². The lowest BCUT2D eigenvalue weighted by atomic mass is 10.0. The van der Waals surface area contributed by atoms with Gasteiger partial charge in [-0.2, -0.15) is 0 Å². The monoisotopic (exact) mass is 352 g/mol. The SMILES string of the molecule is CC(=O)NC(CC(=O)Nc1cc(F)ccc1F)c1ccc(Cl)cc1. The van der Waals surface area contributed by atoms with Gasteiger partial charge in [-0.25, -0.2) is 8.78 Å². The maximum absolute atomic E-state index is 13.6. The molecule has 4 nitrogen and oxygen atoms in total. The minimum Gasteiger partial charge on any atom is -0.349 e. The molecule has 1 unspecified atom stereocenters. The van der Waals surface area contributed by atoms with Crippen LogP contribution in [-0.4, -0.2) is 11.8 Å². The molecule has 7 heteroatoms. The second-order valence-electron chi connectivity index (χ2n) is 5.18. The number of hydrogen-bond donors (Lipinski definition) is 2. The van der Waals surface area contributed by atoms with Gasteiger partial charge in [0.1, 0.15) is 11.6 Å². The topological polar surface area (TPSA) is 58.2 Å². The smallest absolute Gasteiger partial charge is 0.226 e. The van der Waals surface area contributed by atoms with Crippen LogP contribution in [0.5, 0.6) is 0 Å². The van der Waals surface area contributed by atoms with Gasteiger partial charge in [0.15, 0.2) is 0 Å². The molecule has 2 amide bonds. The number of benzene rings is 2. The first-order chi connectivity index (χ1) is 11.3. The summed E-state index contributed by atoms with van der Waals surface area (Å²) in [5.74, 6) is -2.29. The molecule has 0 heterocycles. The van der Waals surface area contributed by atoms with Crippen LogP contribution in [0.15, 0.2) is 42.5 Å². The van der Waals surface area contributed by atoms with Gasteiger partial charge in [0.2, 0.25) is 11.8 Å². The van der Waals surface area contributed by atoms with Crippen molar-refractivity contribution >= 4 is 29.1 Å². The molecule has 0 bridgehead atoms. The van der Waals surface area contributed by atoms with Crippen molar-refractivity contribution in [1.82, 2.24) is 5.32 Å². The molecule has 0 fully saturated rings. The predicted octanol–water partition coefficient (Wildman–Crippen LogP) is 3.82. The van der Waals surface area contributed by atoms with Crippen LogP contribution in [0, 0.1) is 11.6 Å². The van der Waals surface area contributed by atoms with Crippen LogP contribution in [0.1, 0.15) is 24.9 Å². The molecule has 2 aromatic carbocycles. The summed E-state index contributed by atoms with van der Waals surface area (Å²) in [4.78, 5) is 23.5. The number of hydrogen-bond acceptors (Lipinski definition) is 2. The Morgan fingerprint density at radius 3 is 2.42 bits per heavy atom. The fraction of sp³-hybridized carbons (Fsp3) is 0.176. The molecule has 0 radical (unpaired) electrons. The molecule has 0 aromatic heterocycles. The summed E-state index contributed by atoms with van der Waals surface area (Å²) in [7, 11) is 0. The summed E-state index contributed by atoms with van der Waals surface area (Å²) in [6.07, 6.45) is -0.142. The fourth-order valence-electron chi connectivity index (χ4n) is 2.17. The van der Waals surface area contributed by atoms with Gasteiger partial charge < -0.3 is 10.6 Å². The third-order valence-corrected chi connectivity index (χ3v) is 3.49. The van der Waals surface area contributed by atoms with Crippen LogP contribution in [-0.2, 0) is 9.59 Å². The van der Waals surface area contributed by atoms with E-state index in [2.05, 4.69) is 10.6 Å². The fourth-order valence-corrected chi connectivity index (χ4v) is 2.30. The third-order valence-electron chi connectivity index (χ3n) is 3.24. The molecule has 0 saturated carbocycles. The van der Waals surface area contributed by atoms with E-state index in [-0.39, 0.29) is 18.0 Å². The van der Waals surface area contributed by atoms with Crippen LogP contribution in [0.2, 0.25) is 5.02 Å². The first kappa shape index (κ1) is 17.9. The Morgan fingerprint density at radius 2 is 1.79 bits per heavy atom. The van der Waals surface area contributed by atoms with Crippen LogP contribution in [0.25, 0.3) is 0 Å². The standard InChI is InChI=1S/C17H15ClF2N2O2/c1-10(23)21-15(11-2-4-12(18)5-3-11)9-17(24)22-16-8-13(19)6-7-14(16)20/h2-8,15H,9H2,1H3,(H,21,23)(H,22,24). The summed E-state index contributed by atoms with van der Waals surface area (Å²) >= 11 is 5.82. The minimum atomic E-state index is -0.743. The molecule has 0 spiro atoms. The van der Waals surface area contributed by atoms with Crippen molar-refractivity contribution in [3.63, 3.8) is 0 Å². The van der Waals surface area contributed by atoms with Crippen molar-refractivity contribution in [2.75, 3.05) is 5.32 Å². The van der Waals surface area contributed by atoms with Crippen LogP contribution in [0.4, 0.5) is 14.5 Å². The molecule has 2 rings (SSSR count). The molecule has 0 aliphatic carbocycles. The van der Waals surface area contributed by atoms with E-state index in [0.29, 0.717) is 10.6 Å². The Labute approximate surface area is 142 Å². The molecule has 0 aliphatic rings. The van der Waals surface area contributed by atoms with Gasteiger partial charge in [0, 0.05) is 18.0 Å². The average molecular weight is 353 g/mol. The highest BCUT2D eigenvalue weighted by atomic mass is 35.5. The summed E-state index contributed by atoms with van der Waals surface area (Å²) in [5.41, 5.74) is 0.419. The zero-order valence-corrected chi connectivity index (χ0v) is 13.5. The van der Waals surface area contributed by atoms with E-state index < -0.39 is 23.6 Å². The van der Waals surface area contributed by atoms with Gasteiger partial charge in [0.05, 0.1) is 18.2 Å². The number of carbonyl (C=O) groups excluding carboxylic acids is 2. The van der Waals surface area contributed by atoms with Gasteiger partial charge >= 0.3 is 0 Å². The Morgan fingerprint density at radius 1 is 1.12 bits per heavy atom. The van der Waals surface area contributed by atoms with Crippen molar-refractivity contribution in [3.8, 4) is 0 Å². The van der Waals surface area contributed by atoms with Gasteiger partial charge in [0.25, 0.3) is 0 Å². The molecule has 2 aromatic rings. The lowest BCUT2D eigenvalue weighted by Gasteiger charge is -2.18. The van der Waals surface area contributed by atoms with Gasteiger partial charge in [-0.05, 0) is 29.8 Å². The molecule has 0 aliphatic heterocycles. The summed E-state index contributed by atoms with van der Waals surface area (Å²) in [6.45, 7) is 1.33. The quantitative estimate of drug-likeness (QED) is 0.859. The Kier molecular flexibility index (Phi) is 5.87. The highest BCUT2D eigenvalue weighted by Gasteiger charge is 2.18. The van der Waals surface area contributed by atoms with E-state index >= 15 is 0 Å². The van der Waals surface area contributed by atoms with Crippen LogP contribution < -0.4 is 10.6 Å². The maximum atomic E-state index is 13.6. The minimum absolute atomic E-state index is 0.142. The van der Waals surface area contributed by atoms with E-state index in [1.54, 1.807) is 24.3 Å². The van der Waals surface area contributed by atoms with Gasteiger partial charge in [-0.1, -0.05) is 23.7 Å². The van der Waals surface area contributed by atoms with Crippen LogP contribution in [0.3, 0.4) is 0 Å². The van der Waals surface area contributed by atoms with Crippen molar-refractivity contribution in [1.29, 1.82) is 0 Å². The summed E-state index contributed by atoms with van der Waals surface area (Å²) in [5, 5.41) is 5.47. The van der Waals surface area contributed by atoms with Crippen molar-refractivity contribution < 1.29 is 18.4 Å². The largest absolute Gasteiger partial charge is 0.349 e. The van der Waals surface area contributed by atoms with Crippen LogP contribution >= 0.6 is 11.6 Å². The summed E-state index contributed by atoms with van der Waals surface area (Å²) < 4.78 is 26.7. The van der Waals surface area contributed by atoms with E-state index in [0.717, 1.165) is 18.2 Å². The van der Waals surface area contributed by atoms with Crippen molar-refractivity contribution in [2.45, 2.75) is 19.4 Å². The lowest BCUT2D eigenvalue weighted by Crippen LogP contribution is -2.29. The first-order valence-electron chi connectivity index (χ1n) is 7.12. The Balaban J connectivity index is 2.13. The number of carbonyl (C=O) groups is 2. The number of halogens is 3. The van der Waals surface area contributed by atoms with Gasteiger partial charge in [-0.3, -0.25) is 9.59 Å². The number of amides is 2. The predicted molar refractivity (Wildman–Crippen MR) is 87.6 cm³/mol. The lowest BCUT2D eigenvalue weighted by molar-refractivity contribution is -0.120. The molecule has 126 valence electrons. The number of rotatable bonds is 5. The normalized spacial score (nSPS) is 11.7. The van der Waals surface area contributed by atoms with Crippen molar-refractivity contribution in [2.24, 2.45) is 0 Å². The maximum Gasteiger partial charge on any atom is 0.226 e. The molecule has 2 N–H and O–H groups in total. The third kappa shape index (κ3) is 5.03. The second kappa shape index (κ2) is 7.88. The number of anilines is 1. The number of nitrogens with one attached hydrogen (secondary N) is 2. The molecule has 0 saturated heterocycles. The molecular formula is C17H15ClF2N2O2. The molecular weight excluding hydrogens is 338 g/mol. The average Bonchev–Trinajstić information content (AvgIpc) is 2.50. The van der Waals surface area contributed by atoms with E-state index in [1.165, 1.54) is 6.92 Å². The zero-order valence-electron chi connectivity index (χ0n) is 12.8. The molecule has 1 atom stereocenters. The first-order valence-corrected chi connectivity index (χ1v) is 7.50. The zero-order chi connectivity index (χ0) is 17.7. The highest BCUT2D eigenvalue weighted by molar-refractivity contribution is 6.30. The van der Waals surface area contributed by atoms with E-state index in [9.17, 15) is 18.4 Å². The second-order valence-corrected chi connectivity index (χ2v) is 5.62. The van der Waals surface area contributed by atoms with Gasteiger partial charge in [-0.15, -0.1) is 0 Å². The Bertz CT molecular complexity index is 751. The summed E-state index contributed by atoms with van der Waals surface area (Å²) in [6, 6.07) is 8.79. The Hall–Kier alpha value is -2.47. The van der Waals surface area contributed by atoms with Crippen molar-refractivity contribution in [3.05, 3.63) is 64.7 Å². The van der Waals surface area contributed by atoms with E-state index in [4.69, 9.17) is 11.6 Å². The molecule has 24 heavy (non-hydrogen) atoms. The highest BCUT2D eigenvalue weighted by Crippen LogP contribution is 2.21.